The minimum absolute atomic E-state index is 0.0124. The molecule has 3 aliphatic carbocycles. The molecule has 50 heavy (non-hydrogen) atoms. The predicted octanol–water partition coefficient (Wildman–Crippen LogP) is 6.55. The van der Waals surface area contributed by atoms with Crippen molar-refractivity contribution in [3.8, 4) is 0 Å². The van der Waals surface area contributed by atoms with Crippen molar-refractivity contribution in [2.75, 3.05) is 0 Å². The molecule has 2 bridgehead atoms. The number of hydrogen-bond donors (Lipinski definition) is 2. The van der Waals surface area contributed by atoms with Gasteiger partial charge in [0.25, 0.3) is 11.8 Å². The maximum Gasteiger partial charge on any atom is 0.481 e. The number of carbonyl (C=O) groups excluding carboxylic acids is 2. The molecular weight excluding hydrogens is 627 g/mol. The molecule has 3 saturated carbocycles. The van der Waals surface area contributed by atoms with E-state index in [1.165, 1.54) is 0 Å². The van der Waals surface area contributed by atoms with E-state index in [0.717, 1.165) is 29.2 Å². The van der Waals surface area contributed by atoms with Gasteiger partial charge in [0.05, 0.1) is 29.4 Å². The largest absolute Gasteiger partial charge is 0.481 e. The number of rotatable bonds is 11. The van der Waals surface area contributed by atoms with Crippen LogP contribution in [0, 0.1) is 29.1 Å². The maximum atomic E-state index is 14.7. The summed E-state index contributed by atoms with van der Waals surface area (Å²) in [7, 11) is -0.557. The Morgan fingerprint density at radius 2 is 1.70 bits per heavy atom. The van der Waals surface area contributed by atoms with Gasteiger partial charge in [0.2, 0.25) is 5.60 Å². The Bertz CT molecular complexity index is 1780. The number of hydrogen-bond acceptors (Lipinski definition) is 7. The fourth-order valence-corrected chi connectivity index (χ4v) is 9.15. The molecule has 9 nitrogen and oxygen atoms in total. The first kappa shape index (κ1) is 34.7. The Hall–Kier alpha value is -3.76. The summed E-state index contributed by atoms with van der Waals surface area (Å²) in [5.41, 5.74) is 0.446. The highest BCUT2D eigenvalue weighted by Crippen LogP contribution is 2.65. The van der Waals surface area contributed by atoms with Crippen LogP contribution >= 0.6 is 0 Å². The molecule has 0 radical (unpaired) electrons. The van der Waals surface area contributed by atoms with Crippen molar-refractivity contribution in [2.24, 2.45) is 34.2 Å². The van der Waals surface area contributed by atoms with Crippen LogP contribution in [0.2, 0.25) is 0 Å². The minimum atomic E-state index is -1.32. The molecule has 2 N–H and O–H groups in total. The second-order valence-electron chi connectivity index (χ2n) is 16.6. The zero-order valence-electron chi connectivity index (χ0n) is 30.4. The van der Waals surface area contributed by atoms with Crippen molar-refractivity contribution in [1.82, 2.24) is 15.6 Å². The highest BCUT2D eigenvalue weighted by atomic mass is 16.7. The molecular formula is C40H51BN4O5. The van der Waals surface area contributed by atoms with Crippen LogP contribution in [0.1, 0.15) is 90.2 Å². The van der Waals surface area contributed by atoms with Gasteiger partial charge in [-0.2, -0.15) is 0 Å². The summed E-state index contributed by atoms with van der Waals surface area (Å²) < 4.78 is 13.6. The van der Waals surface area contributed by atoms with Gasteiger partial charge in [-0.15, -0.1) is 0 Å². The van der Waals surface area contributed by atoms with Gasteiger partial charge < -0.3 is 24.8 Å². The first-order chi connectivity index (χ1) is 23.8. The molecule has 1 saturated heterocycles. The van der Waals surface area contributed by atoms with Gasteiger partial charge in [0, 0.05) is 24.4 Å². The zero-order valence-corrected chi connectivity index (χ0v) is 30.4. The summed E-state index contributed by atoms with van der Waals surface area (Å²) in [6.45, 7) is 15.3. The van der Waals surface area contributed by atoms with Crippen LogP contribution in [0.5, 0.6) is 0 Å². The molecule has 1 aromatic heterocycles. The monoisotopic (exact) mass is 678 g/mol. The molecule has 2 aromatic carbocycles. The Kier molecular flexibility index (Phi) is 9.08. The van der Waals surface area contributed by atoms with E-state index in [9.17, 15) is 9.59 Å². The molecule has 1 unspecified atom stereocenters. The average molecular weight is 679 g/mol. The number of pyridine rings is 1. The number of aromatic nitrogens is 1. The van der Waals surface area contributed by atoms with Crippen LogP contribution in [0.25, 0.3) is 10.8 Å². The van der Waals surface area contributed by atoms with E-state index in [4.69, 9.17) is 14.1 Å². The molecule has 7 atom stereocenters. The standard InChI is InChI=1S/C40H51BN4O5/c1-24(2)19-33(41-48-32-21-28-20-31(38(28,5)6)39(32,7)49-41)43-37(47)40(22-26-13-9-8-10-14-26)23-30(45-50-40)34(25(3)4)44-36(46)35-29-16-12-11-15-27(29)17-18-42-35/h8-18,24-25,28,31-34H,19-23H2,1-7H3,(H,43,47)(H,44,46)/t28-,31-,32+,33-,34-,39-,40?/m0/s1. The Labute approximate surface area is 296 Å². The predicted molar refractivity (Wildman–Crippen MR) is 195 cm³/mol. The molecule has 4 fully saturated rings. The molecule has 5 aliphatic rings. The van der Waals surface area contributed by atoms with Gasteiger partial charge >= 0.3 is 7.12 Å². The number of nitrogens with zero attached hydrogens (tertiary/aromatic N) is 2. The third kappa shape index (κ3) is 6.12. The molecule has 2 amide bonds. The van der Waals surface area contributed by atoms with E-state index in [1.54, 1.807) is 6.20 Å². The van der Waals surface area contributed by atoms with Crippen molar-refractivity contribution in [2.45, 2.75) is 110 Å². The summed E-state index contributed by atoms with van der Waals surface area (Å²) >= 11 is 0. The highest BCUT2D eigenvalue weighted by molar-refractivity contribution is 6.48. The molecule has 3 aromatic rings. The third-order valence-electron chi connectivity index (χ3n) is 12.1. The number of benzene rings is 2. The van der Waals surface area contributed by atoms with Crippen LogP contribution < -0.4 is 10.6 Å². The zero-order chi connectivity index (χ0) is 35.4. The first-order valence-corrected chi connectivity index (χ1v) is 18.4. The topological polar surface area (TPSA) is 111 Å². The number of carbonyl (C=O) groups is 2. The third-order valence-corrected chi connectivity index (χ3v) is 12.1. The van der Waals surface area contributed by atoms with Gasteiger partial charge in [-0.05, 0) is 72.3 Å². The minimum Gasteiger partial charge on any atom is -0.404 e. The molecule has 264 valence electrons. The second kappa shape index (κ2) is 13.1. The summed E-state index contributed by atoms with van der Waals surface area (Å²) in [5.74, 6) is 0.393. The Balaban J connectivity index is 1.13. The molecule has 3 heterocycles. The van der Waals surface area contributed by atoms with Gasteiger partial charge in [-0.25, -0.2) is 0 Å². The van der Waals surface area contributed by atoms with Gasteiger partial charge in [0.1, 0.15) is 5.69 Å². The lowest BCUT2D eigenvalue weighted by molar-refractivity contribution is -0.199. The van der Waals surface area contributed by atoms with Gasteiger partial charge in [-0.1, -0.05) is 101 Å². The fourth-order valence-electron chi connectivity index (χ4n) is 9.15. The van der Waals surface area contributed by atoms with E-state index in [1.807, 2.05) is 74.5 Å². The molecule has 8 rings (SSSR count). The molecule has 2 aliphatic heterocycles. The van der Waals surface area contributed by atoms with Crippen LogP contribution in [0.3, 0.4) is 0 Å². The fraction of sp³-hybridized carbons (Fsp3) is 0.550. The SMILES string of the molecule is CC(C)C[C@H](NC(=O)C1(Cc2ccccc2)CC([C@@H](NC(=O)c2nccc3ccccc23)C(C)C)=NO1)B1O[C@@H]2C[C@@H]3C[C@@H](C3(C)C)[C@]2(C)O1. The normalized spacial score (nSPS) is 29.2. The van der Waals surface area contributed by atoms with Crippen LogP contribution in [0.15, 0.2) is 72.0 Å². The summed E-state index contributed by atoms with van der Waals surface area (Å²) in [4.78, 5) is 39.1. The van der Waals surface area contributed by atoms with Crippen molar-refractivity contribution in [3.63, 3.8) is 0 Å². The van der Waals surface area contributed by atoms with E-state index >= 15 is 0 Å². The summed E-state index contributed by atoms with van der Waals surface area (Å²) in [5, 5.41) is 12.8. The Morgan fingerprint density at radius 1 is 0.960 bits per heavy atom. The quantitative estimate of drug-likeness (QED) is 0.223. The maximum absolute atomic E-state index is 14.7. The van der Waals surface area contributed by atoms with Crippen molar-refractivity contribution in [1.29, 1.82) is 0 Å². The first-order valence-electron chi connectivity index (χ1n) is 18.4. The Morgan fingerprint density at radius 3 is 2.42 bits per heavy atom. The number of fused-ring (bicyclic) bond motifs is 1. The van der Waals surface area contributed by atoms with Crippen LogP contribution in [0.4, 0.5) is 0 Å². The smallest absolute Gasteiger partial charge is 0.404 e. The van der Waals surface area contributed by atoms with E-state index in [0.29, 0.717) is 36.1 Å². The number of nitrogens with one attached hydrogen (secondary N) is 2. The van der Waals surface area contributed by atoms with Crippen molar-refractivity contribution < 1.29 is 23.7 Å². The second-order valence-corrected chi connectivity index (χ2v) is 16.6. The molecule has 10 heteroatoms. The van der Waals surface area contributed by atoms with Crippen molar-refractivity contribution in [3.05, 3.63) is 78.1 Å². The summed E-state index contributed by atoms with van der Waals surface area (Å²) in [6.07, 6.45) is 5.03. The van der Waals surface area contributed by atoms with Gasteiger partial charge in [-0.3, -0.25) is 14.6 Å². The molecule has 0 spiro atoms. The highest BCUT2D eigenvalue weighted by Gasteiger charge is 2.68. The van der Waals surface area contributed by atoms with Crippen molar-refractivity contribution >= 4 is 35.4 Å². The van der Waals surface area contributed by atoms with Crippen LogP contribution in [-0.2, 0) is 25.4 Å². The lowest BCUT2D eigenvalue weighted by Crippen LogP contribution is -2.65. The van der Waals surface area contributed by atoms with E-state index < -0.39 is 18.8 Å². The number of oxime groups is 1. The van der Waals surface area contributed by atoms with E-state index in [-0.39, 0.29) is 53.1 Å². The van der Waals surface area contributed by atoms with Crippen LogP contribution in [-0.4, -0.2) is 58.9 Å². The summed E-state index contributed by atoms with van der Waals surface area (Å²) in [6, 6.07) is 19.0. The van der Waals surface area contributed by atoms with Gasteiger partial charge in [0.15, 0.2) is 0 Å². The lowest BCUT2D eigenvalue weighted by atomic mass is 9.43. The lowest BCUT2D eigenvalue weighted by Gasteiger charge is -2.64. The average Bonchev–Trinajstić information content (AvgIpc) is 3.68. The number of amides is 2. The van der Waals surface area contributed by atoms with E-state index in [2.05, 4.69) is 55.4 Å².